The third kappa shape index (κ3) is 5.92. The predicted molar refractivity (Wildman–Crippen MR) is 85.6 cm³/mol. The number of ether oxygens (including phenoxy) is 4. The van der Waals surface area contributed by atoms with Crippen molar-refractivity contribution in [1.29, 1.82) is 0 Å². The van der Waals surface area contributed by atoms with Gasteiger partial charge in [-0.1, -0.05) is 6.08 Å². The molecule has 0 fully saturated rings. The van der Waals surface area contributed by atoms with Crippen LogP contribution in [-0.2, 0) is 20.9 Å². The maximum atomic E-state index is 11.0. The molecule has 0 unspecified atom stereocenters. The highest BCUT2D eigenvalue weighted by Gasteiger charge is 2.31. The molecule has 0 bridgehead atoms. The first-order valence-corrected chi connectivity index (χ1v) is 7.19. The second-order valence-corrected chi connectivity index (χ2v) is 5.12. The average Bonchev–Trinajstić information content (AvgIpc) is 2.57. The van der Waals surface area contributed by atoms with E-state index in [4.69, 9.17) is 18.9 Å². The van der Waals surface area contributed by atoms with E-state index in [9.17, 15) is 9.90 Å². The summed E-state index contributed by atoms with van der Waals surface area (Å²) in [5.74, 6) is 0.848. The van der Waals surface area contributed by atoms with Crippen LogP contribution in [0.2, 0.25) is 0 Å². The van der Waals surface area contributed by atoms with Crippen LogP contribution in [0, 0.1) is 0 Å². The topological polar surface area (TPSA) is 74.2 Å². The number of aliphatic hydroxyl groups is 1. The van der Waals surface area contributed by atoms with Gasteiger partial charge in [0, 0.05) is 13.0 Å². The van der Waals surface area contributed by atoms with E-state index in [-0.39, 0.29) is 19.8 Å². The van der Waals surface area contributed by atoms with Crippen LogP contribution in [0.3, 0.4) is 0 Å². The minimum absolute atomic E-state index is 0.0496. The van der Waals surface area contributed by atoms with Crippen LogP contribution in [0.1, 0.15) is 18.9 Å². The summed E-state index contributed by atoms with van der Waals surface area (Å²) < 4.78 is 21.3. The van der Waals surface area contributed by atoms with Crippen molar-refractivity contribution in [3.63, 3.8) is 0 Å². The van der Waals surface area contributed by atoms with Crippen molar-refractivity contribution in [3.8, 4) is 11.5 Å². The summed E-state index contributed by atoms with van der Waals surface area (Å²) in [5.41, 5.74) is -0.213. The normalized spacial score (nSPS) is 13.0. The predicted octanol–water partition coefficient (Wildman–Crippen LogP) is 2.09. The van der Waals surface area contributed by atoms with Crippen molar-refractivity contribution in [2.45, 2.75) is 25.6 Å². The lowest BCUT2D eigenvalue weighted by Gasteiger charge is -2.30. The van der Waals surface area contributed by atoms with Crippen molar-refractivity contribution in [2.24, 2.45) is 0 Å². The molecule has 1 atom stereocenters. The Morgan fingerprint density at radius 1 is 1.26 bits per heavy atom. The Morgan fingerprint density at radius 3 is 2.30 bits per heavy atom. The van der Waals surface area contributed by atoms with Gasteiger partial charge in [-0.15, -0.1) is 6.58 Å². The van der Waals surface area contributed by atoms with Gasteiger partial charge in [0.05, 0.1) is 27.4 Å². The molecule has 0 radical (unpaired) electrons. The van der Waals surface area contributed by atoms with Crippen LogP contribution in [0.4, 0.5) is 0 Å². The van der Waals surface area contributed by atoms with Gasteiger partial charge in [-0.05, 0) is 24.1 Å². The lowest BCUT2D eigenvalue weighted by molar-refractivity contribution is -0.160. The molecule has 6 heteroatoms. The Bertz CT molecular complexity index is 506. The number of hydrogen-bond acceptors (Lipinski definition) is 6. The fourth-order valence-electron chi connectivity index (χ4n) is 2.00. The maximum Gasteiger partial charge on any atom is 0.302 e. The number of benzene rings is 1. The summed E-state index contributed by atoms with van der Waals surface area (Å²) in [6.45, 7) is 4.82. The van der Waals surface area contributed by atoms with E-state index < -0.39 is 11.6 Å². The SMILES string of the molecule is C=CC[C@](CO)(COC(C)=O)OCc1cc(OC)cc(OC)c1. The van der Waals surface area contributed by atoms with E-state index in [0.29, 0.717) is 17.9 Å². The highest BCUT2D eigenvalue weighted by atomic mass is 16.6. The molecular formula is C17H24O6. The molecule has 0 aliphatic heterocycles. The number of aliphatic hydroxyl groups excluding tert-OH is 1. The lowest BCUT2D eigenvalue weighted by atomic mass is 10.0. The van der Waals surface area contributed by atoms with Gasteiger partial charge in [-0.25, -0.2) is 0 Å². The maximum absolute atomic E-state index is 11.0. The molecule has 0 heterocycles. The molecule has 0 spiro atoms. The van der Waals surface area contributed by atoms with Crippen molar-refractivity contribution in [1.82, 2.24) is 0 Å². The van der Waals surface area contributed by atoms with Gasteiger partial charge in [0.2, 0.25) is 0 Å². The van der Waals surface area contributed by atoms with Crippen LogP contribution in [-0.4, -0.2) is 44.1 Å². The van der Waals surface area contributed by atoms with Crippen molar-refractivity contribution < 1.29 is 28.8 Å². The summed E-state index contributed by atoms with van der Waals surface area (Å²) in [6.07, 6.45) is 1.96. The molecule has 0 saturated heterocycles. The van der Waals surface area contributed by atoms with Gasteiger partial charge >= 0.3 is 5.97 Å². The lowest BCUT2D eigenvalue weighted by Crippen LogP contribution is -2.41. The third-order valence-electron chi connectivity index (χ3n) is 3.30. The quantitative estimate of drug-likeness (QED) is 0.525. The fraction of sp³-hybridized carbons (Fsp3) is 0.471. The van der Waals surface area contributed by atoms with E-state index in [0.717, 1.165) is 5.56 Å². The molecule has 1 rings (SSSR count). The minimum atomic E-state index is -1.02. The molecule has 0 aromatic heterocycles. The zero-order valence-corrected chi connectivity index (χ0v) is 13.8. The molecule has 1 aromatic carbocycles. The second-order valence-electron chi connectivity index (χ2n) is 5.12. The Morgan fingerprint density at radius 2 is 1.87 bits per heavy atom. The molecule has 0 amide bonds. The number of carbonyl (C=O) groups excluding carboxylic acids is 1. The molecule has 1 N–H and O–H groups in total. The molecule has 23 heavy (non-hydrogen) atoms. The summed E-state index contributed by atoms with van der Waals surface area (Å²) in [7, 11) is 3.13. The summed E-state index contributed by atoms with van der Waals surface area (Å²) in [5, 5.41) is 9.69. The Kier molecular flexibility index (Phi) is 7.57. The largest absolute Gasteiger partial charge is 0.497 e. The minimum Gasteiger partial charge on any atom is -0.497 e. The Labute approximate surface area is 136 Å². The summed E-state index contributed by atoms with van der Waals surface area (Å²) in [4.78, 5) is 11.0. The molecule has 6 nitrogen and oxygen atoms in total. The van der Waals surface area contributed by atoms with Crippen molar-refractivity contribution in [3.05, 3.63) is 36.4 Å². The number of carbonyl (C=O) groups is 1. The molecule has 128 valence electrons. The first kappa shape index (κ1) is 19.0. The van der Waals surface area contributed by atoms with Gasteiger partial charge in [-0.3, -0.25) is 4.79 Å². The Balaban J connectivity index is 2.88. The molecular weight excluding hydrogens is 300 g/mol. The Hall–Kier alpha value is -2.05. The first-order chi connectivity index (χ1) is 11.0. The zero-order chi connectivity index (χ0) is 17.3. The van der Waals surface area contributed by atoms with Crippen molar-refractivity contribution in [2.75, 3.05) is 27.4 Å². The first-order valence-electron chi connectivity index (χ1n) is 7.19. The van der Waals surface area contributed by atoms with Crippen LogP contribution in [0.25, 0.3) is 0 Å². The van der Waals surface area contributed by atoms with Crippen LogP contribution in [0.5, 0.6) is 11.5 Å². The smallest absolute Gasteiger partial charge is 0.302 e. The number of rotatable bonds is 10. The third-order valence-corrected chi connectivity index (χ3v) is 3.30. The molecule has 0 aliphatic carbocycles. The summed E-state index contributed by atoms with van der Waals surface area (Å²) >= 11 is 0. The van der Waals surface area contributed by atoms with Crippen LogP contribution < -0.4 is 9.47 Å². The average molecular weight is 324 g/mol. The number of methoxy groups -OCH3 is 2. The number of esters is 1. The van der Waals surface area contributed by atoms with E-state index in [2.05, 4.69) is 6.58 Å². The second kappa shape index (κ2) is 9.17. The van der Waals surface area contributed by atoms with Gasteiger partial charge in [0.15, 0.2) is 0 Å². The van der Waals surface area contributed by atoms with E-state index in [1.54, 1.807) is 26.4 Å². The number of hydrogen-bond donors (Lipinski definition) is 1. The standard InChI is InChI=1S/C17H24O6/c1-5-6-17(11-18,12-22-13(2)19)23-10-14-7-15(20-3)9-16(8-14)21-4/h5,7-9,18H,1,6,10-12H2,2-4H3/t17-/m0/s1. The highest BCUT2D eigenvalue weighted by molar-refractivity contribution is 5.65. The van der Waals surface area contributed by atoms with Crippen molar-refractivity contribution >= 4 is 5.97 Å². The van der Waals surface area contributed by atoms with E-state index in [1.807, 2.05) is 12.1 Å². The molecule has 0 aliphatic rings. The summed E-state index contributed by atoms with van der Waals surface area (Å²) in [6, 6.07) is 5.38. The highest BCUT2D eigenvalue weighted by Crippen LogP contribution is 2.25. The van der Waals surface area contributed by atoms with E-state index >= 15 is 0 Å². The molecule has 1 aromatic rings. The van der Waals surface area contributed by atoms with Crippen LogP contribution >= 0.6 is 0 Å². The van der Waals surface area contributed by atoms with Crippen LogP contribution in [0.15, 0.2) is 30.9 Å². The zero-order valence-electron chi connectivity index (χ0n) is 13.8. The van der Waals surface area contributed by atoms with Gasteiger partial charge < -0.3 is 24.1 Å². The van der Waals surface area contributed by atoms with Gasteiger partial charge in [0.1, 0.15) is 23.7 Å². The van der Waals surface area contributed by atoms with Gasteiger partial charge in [0.25, 0.3) is 0 Å². The molecule has 0 saturated carbocycles. The van der Waals surface area contributed by atoms with E-state index in [1.165, 1.54) is 6.92 Å². The van der Waals surface area contributed by atoms with Gasteiger partial charge in [-0.2, -0.15) is 0 Å². The fourth-order valence-corrected chi connectivity index (χ4v) is 2.00. The monoisotopic (exact) mass is 324 g/mol.